The highest BCUT2D eigenvalue weighted by Gasteiger charge is 2.45. The zero-order valence-corrected chi connectivity index (χ0v) is 13.4. The van der Waals surface area contributed by atoms with Gasteiger partial charge in [-0.15, -0.1) is 0 Å². The largest absolute Gasteiger partial charge is 0.295 e. The highest BCUT2D eigenvalue weighted by Crippen LogP contribution is 2.34. The lowest BCUT2D eigenvalue weighted by Gasteiger charge is -2.59. The summed E-state index contributed by atoms with van der Waals surface area (Å²) >= 11 is 0. The Kier molecular flexibility index (Phi) is 3.73. The van der Waals surface area contributed by atoms with Crippen LogP contribution < -0.4 is 0 Å². The van der Waals surface area contributed by atoms with Gasteiger partial charge in [0.25, 0.3) is 0 Å². The molecule has 0 N–H and O–H groups in total. The minimum absolute atomic E-state index is 0.239. The molecule has 1 saturated heterocycles. The quantitative estimate of drug-likeness (QED) is 0.640. The van der Waals surface area contributed by atoms with Crippen LogP contribution in [-0.4, -0.2) is 45.5 Å². The van der Waals surface area contributed by atoms with Crippen molar-refractivity contribution in [1.82, 2.24) is 9.80 Å². The molecule has 0 unspecified atom stereocenters. The predicted molar refractivity (Wildman–Crippen MR) is 76.5 cm³/mol. The second-order valence-electron chi connectivity index (χ2n) is 8.25. The first kappa shape index (κ1) is 15.0. The molecule has 2 nitrogen and oxygen atoms in total. The molecule has 0 amide bonds. The molecule has 1 fully saturated rings. The van der Waals surface area contributed by atoms with E-state index in [4.69, 9.17) is 0 Å². The maximum absolute atomic E-state index is 2.68. The average Bonchev–Trinajstić information content (AvgIpc) is 1.94. The van der Waals surface area contributed by atoms with Crippen molar-refractivity contribution < 1.29 is 0 Å². The van der Waals surface area contributed by atoms with Crippen LogP contribution >= 0.6 is 0 Å². The van der Waals surface area contributed by atoms with Crippen LogP contribution in [0.4, 0.5) is 0 Å². The van der Waals surface area contributed by atoms with Crippen molar-refractivity contribution in [2.24, 2.45) is 0 Å². The standard InChI is InChI=1S/C15H32N2/c1-12-10-16(13(2,3)4)11-15(8,9)17(12)14(5,6)7/h12H,10-11H2,1-9H3/t12-/m0/s1. The van der Waals surface area contributed by atoms with Gasteiger partial charge in [-0.05, 0) is 62.3 Å². The fourth-order valence-electron chi connectivity index (χ4n) is 3.69. The molecule has 102 valence electrons. The van der Waals surface area contributed by atoms with E-state index in [-0.39, 0.29) is 16.6 Å². The first-order valence-corrected chi connectivity index (χ1v) is 6.90. The van der Waals surface area contributed by atoms with Gasteiger partial charge in [0.15, 0.2) is 0 Å². The predicted octanol–water partition coefficient (Wildman–Crippen LogP) is 3.37. The van der Waals surface area contributed by atoms with Crippen molar-refractivity contribution in [2.45, 2.75) is 85.0 Å². The summed E-state index contributed by atoms with van der Waals surface area (Å²) in [6.45, 7) is 23.4. The lowest BCUT2D eigenvalue weighted by Crippen LogP contribution is -2.70. The Balaban J connectivity index is 2.97. The average molecular weight is 240 g/mol. The van der Waals surface area contributed by atoms with Gasteiger partial charge in [0, 0.05) is 35.7 Å². The molecule has 0 bridgehead atoms. The number of hydrogen-bond acceptors (Lipinski definition) is 2. The van der Waals surface area contributed by atoms with E-state index in [0.29, 0.717) is 6.04 Å². The minimum atomic E-state index is 0.239. The molecule has 1 aliphatic heterocycles. The lowest BCUT2D eigenvalue weighted by molar-refractivity contribution is -0.0954. The third-order valence-electron chi connectivity index (χ3n) is 3.83. The molecule has 0 aromatic rings. The molecule has 1 aliphatic rings. The zero-order chi connectivity index (χ0) is 13.6. The summed E-state index contributed by atoms with van der Waals surface area (Å²) in [5.41, 5.74) is 0.756. The number of nitrogens with zero attached hydrogens (tertiary/aromatic N) is 2. The van der Waals surface area contributed by atoms with Crippen LogP contribution in [0, 0.1) is 0 Å². The maximum Gasteiger partial charge on any atom is 0.0288 e. The van der Waals surface area contributed by atoms with Crippen molar-refractivity contribution >= 4 is 0 Å². The molecule has 0 spiro atoms. The van der Waals surface area contributed by atoms with E-state index in [2.05, 4.69) is 72.1 Å². The van der Waals surface area contributed by atoms with E-state index in [9.17, 15) is 0 Å². The van der Waals surface area contributed by atoms with Gasteiger partial charge in [0.1, 0.15) is 0 Å². The second-order valence-corrected chi connectivity index (χ2v) is 8.25. The Morgan fingerprint density at radius 2 is 1.41 bits per heavy atom. The molecule has 1 rings (SSSR count). The van der Waals surface area contributed by atoms with Crippen molar-refractivity contribution in [1.29, 1.82) is 0 Å². The van der Waals surface area contributed by atoms with Crippen LogP contribution in [-0.2, 0) is 0 Å². The first-order chi connectivity index (χ1) is 7.36. The molecule has 17 heavy (non-hydrogen) atoms. The van der Waals surface area contributed by atoms with E-state index in [1.54, 1.807) is 0 Å². The highest BCUT2D eigenvalue weighted by molar-refractivity contribution is 5.01. The van der Waals surface area contributed by atoms with Gasteiger partial charge in [-0.2, -0.15) is 0 Å². The molecule has 2 heteroatoms. The van der Waals surface area contributed by atoms with Crippen LogP contribution in [0.3, 0.4) is 0 Å². The van der Waals surface area contributed by atoms with Gasteiger partial charge in [-0.1, -0.05) is 0 Å². The SMILES string of the molecule is C[C@H]1CN(C(C)(C)C)CC(C)(C)N1C(C)(C)C. The van der Waals surface area contributed by atoms with E-state index in [1.165, 1.54) is 6.54 Å². The number of piperazine rings is 1. The van der Waals surface area contributed by atoms with Crippen LogP contribution in [0.5, 0.6) is 0 Å². The topological polar surface area (TPSA) is 6.48 Å². The molecule has 0 aromatic carbocycles. The fraction of sp³-hybridized carbons (Fsp3) is 1.00. The maximum atomic E-state index is 2.68. The van der Waals surface area contributed by atoms with Gasteiger partial charge in [-0.3, -0.25) is 9.80 Å². The highest BCUT2D eigenvalue weighted by atomic mass is 15.4. The van der Waals surface area contributed by atoms with Gasteiger partial charge >= 0.3 is 0 Å². The smallest absolute Gasteiger partial charge is 0.0288 e. The van der Waals surface area contributed by atoms with Gasteiger partial charge in [0.2, 0.25) is 0 Å². The third kappa shape index (κ3) is 3.23. The summed E-state index contributed by atoms with van der Waals surface area (Å²) in [7, 11) is 0. The van der Waals surface area contributed by atoms with Crippen molar-refractivity contribution in [2.75, 3.05) is 13.1 Å². The second kappa shape index (κ2) is 4.24. The normalized spacial score (nSPS) is 28.4. The summed E-state index contributed by atoms with van der Waals surface area (Å²) in [5.74, 6) is 0. The molecular formula is C15H32N2. The van der Waals surface area contributed by atoms with Gasteiger partial charge < -0.3 is 0 Å². The van der Waals surface area contributed by atoms with E-state index >= 15 is 0 Å². The Bertz CT molecular complexity index is 268. The Morgan fingerprint density at radius 3 is 1.71 bits per heavy atom. The van der Waals surface area contributed by atoms with Crippen LogP contribution in [0.1, 0.15) is 62.3 Å². The summed E-state index contributed by atoms with van der Waals surface area (Å²) in [6.07, 6.45) is 0. The molecule has 0 saturated carbocycles. The van der Waals surface area contributed by atoms with Gasteiger partial charge in [-0.25, -0.2) is 0 Å². The van der Waals surface area contributed by atoms with Crippen molar-refractivity contribution in [3.63, 3.8) is 0 Å². The van der Waals surface area contributed by atoms with Gasteiger partial charge in [0.05, 0.1) is 0 Å². The van der Waals surface area contributed by atoms with E-state index < -0.39 is 0 Å². The zero-order valence-electron chi connectivity index (χ0n) is 13.4. The van der Waals surface area contributed by atoms with E-state index in [0.717, 1.165) is 6.54 Å². The Hall–Kier alpha value is -0.0800. The lowest BCUT2D eigenvalue weighted by atomic mass is 9.86. The minimum Gasteiger partial charge on any atom is -0.295 e. The number of rotatable bonds is 0. The molecule has 0 radical (unpaired) electrons. The summed E-state index contributed by atoms with van der Waals surface area (Å²) in [6, 6.07) is 0.609. The number of hydrogen-bond donors (Lipinski definition) is 0. The van der Waals surface area contributed by atoms with Crippen molar-refractivity contribution in [3.05, 3.63) is 0 Å². The summed E-state index contributed by atoms with van der Waals surface area (Å²) < 4.78 is 0. The molecule has 0 aliphatic carbocycles. The van der Waals surface area contributed by atoms with Crippen LogP contribution in [0.2, 0.25) is 0 Å². The summed E-state index contributed by atoms with van der Waals surface area (Å²) in [4.78, 5) is 5.31. The van der Waals surface area contributed by atoms with E-state index in [1.807, 2.05) is 0 Å². The Morgan fingerprint density at radius 1 is 0.941 bits per heavy atom. The monoisotopic (exact) mass is 240 g/mol. The van der Waals surface area contributed by atoms with Crippen LogP contribution in [0.25, 0.3) is 0 Å². The third-order valence-corrected chi connectivity index (χ3v) is 3.83. The van der Waals surface area contributed by atoms with Crippen LogP contribution in [0.15, 0.2) is 0 Å². The molecule has 1 heterocycles. The molecule has 1 atom stereocenters. The Labute approximate surface area is 108 Å². The molecular weight excluding hydrogens is 208 g/mol. The summed E-state index contributed by atoms with van der Waals surface area (Å²) in [5, 5.41) is 0. The fourth-order valence-corrected chi connectivity index (χ4v) is 3.69. The molecule has 0 aromatic heterocycles. The van der Waals surface area contributed by atoms with Crippen molar-refractivity contribution in [3.8, 4) is 0 Å². The first-order valence-electron chi connectivity index (χ1n) is 6.90.